The molecule has 3 heteroatoms. The highest BCUT2D eigenvalue weighted by Crippen LogP contribution is 2.09. The van der Waals surface area contributed by atoms with E-state index in [-0.39, 0.29) is 12.7 Å². The van der Waals surface area contributed by atoms with Crippen molar-refractivity contribution in [3.63, 3.8) is 0 Å². The lowest BCUT2D eigenvalue weighted by Gasteiger charge is -2.11. The van der Waals surface area contributed by atoms with Gasteiger partial charge in [-0.05, 0) is 32.1 Å². The molecule has 0 aliphatic heterocycles. The van der Waals surface area contributed by atoms with Gasteiger partial charge in [0.15, 0.2) is 0 Å². The fourth-order valence-corrected chi connectivity index (χ4v) is 1.36. The summed E-state index contributed by atoms with van der Waals surface area (Å²) in [6, 6.07) is 0. The van der Waals surface area contributed by atoms with E-state index < -0.39 is 6.10 Å². The van der Waals surface area contributed by atoms with Gasteiger partial charge in [-0.25, -0.2) is 0 Å². The molecule has 3 nitrogen and oxygen atoms in total. The topological polar surface area (TPSA) is 60.7 Å². The van der Waals surface area contributed by atoms with Crippen LogP contribution in [-0.2, 0) is 0 Å². The van der Waals surface area contributed by atoms with Gasteiger partial charge in [0.25, 0.3) is 0 Å². The van der Waals surface area contributed by atoms with Crippen molar-refractivity contribution in [3.8, 4) is 0 Å². The molecule has 13 heavy (non-hydrogen) atoms. The standard InChI is InChI=1S/C10H22O3/c1-2-4-9(12)5-3-6-10(13)7-8-11/h9-13H,2-8H2,1H3. The Hall–Kier alpha value is -0.120. The zero-order valence-electron chi connectivity index (χ0n) is 8.45. The molecule has 0 bridgehead atoms. The molecule has 3 N–H and O–H groups in total. The van der Waals surface area contributed by atoms with Gasteiger partial charge in [0.05, 0.1) is 12.2 Å². The van der Waals surface area contributed by atoms with E-state index in [1.807, 2.05) is 6.92 Å². The van der Waals surface area contributed by atoms with Crippen molar-refractivity contribution in [2.24, 2.45) is 0 Å². The second-order valence-corrected chi connectivity index (χ2v) is 3.54. The van der Waals surface area contributed by atoms with Crippen LogP contribution in [0.4, 0.5) is 0 Å². The van der Waals surface area contributed by atoms with Gasteiger partial charge in [0.2, 0.25) is 0 Å². The first-order valence-corrected chi connectivity index (χ1v) is 5.17. The maximum absolute atomic E-state index is 9.36. The second kappa shape index (κ2) is 8.48. The van der Waals surface area contributed by atoms with E-state index in [1.165, 1.54) is 0 Å². The van der Waals surface area contributed by atoms with Gasteiger partial charge in [-0.15, -0.1) is 0 Å². The fourth-order valence-electron chi connectivity index (χ4n) is 1.36. The van der Waals surface area contributed by atoms with Crippen LogP contribution in [0.1, 0.15) is 45.4 Å². The Morgan fingerprint density at radius 1 is 0.923 bits per heavy atom. The van der Waals surface area contributed by atoms with E-state index in [2.05, 4.69) is 0 Å². The van der Waals surface area contributed by atoms with E-state index in [9.17, 15) is 10.2 Å². The Bertz CT molecular complexity index is 94.3. The molecule has 0 amide bonds. The monoisotopic (exact) mass is 190 g/mol. The molecule has 0 rings (SSSR count). The lowest BCUT2D eigenvalue weighted by Crippen LogP contribution is -2.11. The van der Waals surface area contributed by atoms with Crippen LogP contribution in [0.3, 0.4) is 0 Å². The molecule has 0 aromatic carbocycles. The first-order chi connectivity index (χ1) is 6.20. The van der Waals surface area contributed by atoms with Gasteiger partial charge in [0, 0.05) is 6.61 Å². The molecule has 2 unspecified atom stereocenters. The van der Waals surface area contributed by atoms with E-state index in [0.717, 1.165) is 25.7 Å². The molecule has 0 heterocycles. The van der Waals surface area contributed by atoms with Crippen molar-refractivity contribution in [2.45, 2.75) is 57.7 Å². The van der Waals surface area contributed by atoms with Gasteiger partial charge in [-0.3, -0.25) is 0 Å². The van der Waals surface area contributed by atoms with Gasteiger partial charge in [0.1, 0.15) is 0 Å². The Kier molecular flexibility index (Phi) is 8.40. The Balaban J connectivity index is 3.23. The fraction of sp³-hybridized carbons (Fsp3) is 1.00. The third-order valence-electron chi connectivity index (χ3n) is 2.16. The molecule has 2 atom stereocenters. The minimum atomic E-state index is -0.404. The summed E-state index contributed by atoms with van der Waals surface area (Å²) in [7, 11) is 0. The van der Waals surface area contributed by atoms with Gasteiger partial charge in [-0.2, -0.15) is 0 Å². The number of aliphatic hydroxyl groups excluding tert-OH is 3. The van der Waals surface area contributed by atoms with Crippen LogP contribution in [0.5, 0.6) is 0 Å². The summed E-state index contributed by atoms with van der Waals surface area (Å²) < 4.78 is 0. The maximum Gasteiger partial charge on any atom is 0.0562 e. The van der Waals surface area contributed by atoms with Crippen LogP contribution in [0.15, 0.2) is 0 Å². The number of hydrogen-bond donors (Lipinski definition) is 3. The third kappa shape index (κ3) is 8.22. The van der Waals surface area contributed by atoms with Crippen LogP contribution in [0, 0.1) is 0 Å². The molecule has 80 valence electrons. The van der Waals surface area contributed by atoms with Crippen LogP contribution in [-0.4, -0.2) is 34.1 Å². The minimum Gasteiger partial charge on any atom is -0.396 e. The molecule has 0 aliphatic rings. The summed E-state index contributed by atoms with van der Waals surface area (Å²) in [5.74, 6) is 0. The summed E-state index contributed by atoms with van der Waals surface area (Å²) in [6.07, 6.45) is 3.95. The van der Waals surface area contributed by atoms with Crippen molar-refractivity contribution < 1.29 is 15.3 Å². The molecule has 0 spiro atoms. The van der Waals surface area contributed by atoms with Crippen molar-refractivity contribution in [1.82, 2.24) is 0 Å². The summed E-state index contributed by atoms with van der Waals surface area (Å²) in [5, 5.41) is 27.1. The van der Waals surface area contributed by atoms with Crippen LogP contribution < -0.4 is 0 Å². The number of hydrogen-bond acceptors (Lipinski definition) is 3. The van der Waals surface area contributed by atoms with Crippen LogP contribution >= 0.6 is 0 Å². The van der Waals surface area contributed by atoms with Crippen molar-refractivity contribution in [2.75, 3.05) is 6.61 Å². The Labute approximate surface area is 80.4 Å². The predicted molar refractivity (Wildman–Crippen MR) is 52.5 cm³/mol. The summed E-state index contributed by atoms with van der Waals surface area (Å²) >= 11 is 0. The molecule has 0 aromatic rings. The quantitative estimate of drug-likeness (QED) is 0.536. The SMILES string of the molecule is CCCC(O)CCCC(O)CCO. The van der Waals surface area contributed by atoms with E-state index in [0.29, 0.717) is 12.8 Å². The zero-order valence-corrected chi connectivity index (χ0v) is 8.45. The predicted octanol–water partition coefficient (Wildman–Crippen LogP) is 1.06. The minimum absolute atomic E-state index is 0.0404. The molecule has 0 aliphatic carbocycles. The van der Waals surface area contributed by atoms with Gasteiger partial charge >= 0.3 is 0 Å². The Morgan fingerprint density at radius 3 is 1.92 bits per heavy atom. The number of rotatable bonds is 8. The summed E-state index contributed by atoms with van der Waals surface area (Å²) in [6.45, 7) is 2.09. The van der Waals surface area contributed by atoms with Crippen molar-refractivity contribution >= 4 is 0 Å². The Morgan fingerprint density at radius 2 is 1.46 bits per heavy atom. The average Bonchev–Trinajstić information content (AvgIpc) is 2.05. The molecule has 0 saturated heterocycles. The zero-order chi connectivity index (χ0) is 10.1. The largest absolute Gasteiger partial charge is 0.396 e. The molecular weight excluding hydrogens is 168 g/mol. The second-order valence-electron chi connectivity index (χ2n) is 3.54. The smallest absolute Gasteiger partial charge is 0.0562 e. The van der Waals surface area contributed by atoms with E-state index >= 15 is 0 Å². The highest BCUT2D eigenvalue weighted by Gasteiger charge is 2.06. The molecular formula is C10H22O3. The van der Waals surface area contributed by atoms with Gasteiger partial charge < -0.3 is 15.3 Å². The summed E-state index contributed by atoms with van der Waals surface area (Å²) in [5.41, 5.74) is 0. The van der Waals surface area contributed by atoms with E-state index in [1.54, 1.807) is 0 Å². The normalized spacial score (nSPS) is 15.7. The van der Waals surface area contributed by atoms with Crippen LogP contribution in [0.25, 0.3) is 0 Å². The molecule has 0 radical (unpaired) electrons. The summed E-state index contributed by atoms with van der Waals surface area (Å²) in [4.78, 5) is 0. The highest BCUT2D eigenvalue weighted by atomic mass is 16.3. The first-order valence-electron chi connectivity index (χ1n) is 5.17. The third-order valence-corrected chi connectivity index (χ3v) is 2.16. The molecule has 0 saturated carbocycles. The first kappa shape index (κ1) is 12.9. The lowest BCUT2D eigenvalue weighted by atomic mass is 10.0. The van der Waals surface area contributed by atoms with Gasteiger partial charge in [-0.1, -0.05) is 13.3 Å². The van der Waals surface area contributed by atoms with Crippen LogP contribution in [0.2, 0.25) is 0 Å². The lowest BCUT2D eigenvalue weighted by molar-refractivity contribution is 0.109. The average molecular weight is 190 g/mol. The number of aliphatic hydroxyl groups is 3. The highest BCUT2D eigenvalue weighted by molar-refractivity contribution is 4.59. The molecule has 0 aromatic heterocycles. The van der Waals surface area contributed by atoms with E-state index in [4.69, 9.17) is 5.11 Å². The maximum atomic E-state index is 9.36. The molecule has 0 fully saturated rings. The van der Waals surface area contributed by atoms with Crippen molar-refractivity contribution in [1.29, 1.82) is 0 Å². The van der Waals surface area contributed by atoms with Crippen molar-refractivity contribution in [3.05, 3.63) is 0 Å².